The van der Waals surface area contributed by atoms with Gasteiger partial charge in [-0.3, -0.25) is 14.2 Å². The van der Waals surface area contributed by atoms with Gasteiger partial charge >= 0.3 is 0 Å². The van der Waals surface area contributed by atoms with Crippen molar-refractivity contribution in [2.75, 3.05) is 6.54 Å². The van der Waals surface area contributed by atoms with Gasteiger partial charge in [-0.05, 0) is 43.5 Å². The van der Waals surface area contributed by atoms with Crippen LogP contribution in [0.1, 0.15) is 36.8 Å². The monoisotopic (exact) mass is 345 g/mol. The lowest BCUT2D eigenvalue weighted by atomic mass is 9.79. The summed E-state index contributed by atoms with van der Waals surface area (Å²) in [6.45, 7) is 4.45. The van der Waals surface area contributed by atoms with Gasteiger partial charge in [0.05, 0.1) is 10.9 Å². The highest BCUT2D eigenvalue weighted by Crippen LogP contribution is 2.44. The number of rotatable bonds is 0. The van der Waals surface area contributed by atoms with Crippen molar-refractivity contribution in [2.45, 2.75) is 31.8 Å². The van der Waals surface area contributed by atoms with Gasteiger partial charge in [0.1, 0.15) is 17.4 Å². The summed E-state index contributed by atoms with van der Waals surface area (Å²) in [5.41, 5.74) is 2.07. The van der Waals surface area contributed by atoms with E-state index in [2.05, 4.69) is 12.1 Å². The van der Waals surface area contributed by atoms with Crippen molar-refractivity contribution in [2.24, 2.45) is 0 Å². The molecule has 5 rings (SSSR count). The SMILES string of the molecule is C[C@H]1C(=O)N2CCc3ccccc3[C@@]2(C)c2nc3ccccc3c(=O)n21. The van der Waals surface area contributed by atoms with Crippen LogP contribution in [-0.2, 0) is 16.8 Å². The molecule has 2 atom stereocenters. The van der Waals surface area contributed by atoms with E-state index in [9.17, 15) is 9.59 Å². The van der Waals surface area contributed by atoms with E-state index in [4.69, 9.17) is 4.98 Å². The van der Waals surface area contributed by atoms with Crippen molar-refractivity contribution >= 4 is 16.8 Å². The van der Waals surface area contributed by atoms with Gasteiger partial charge in [0.2, 0.25) is 5.91 Å². The van der Waals surface area contributed by atoms with Gasteiger partial charge in [-0.15, -0.1) is 0 Å². The Bertz CT molecular complexity index is 1130. The average molecular weight is 345 g/mol. The Labute approximate surface area is 150 Å². The second-order valence-electron chi connectivity index (χ2n) is 7.27. The minimum atomic E-state index is -0.734. The number of para-hydroxylation sites is 1. The van der Waals surface area contributed by atoms with Crippen LogP contribution < -0.4 is 5.56 Å². The first-order valence-electron chi connectivity index (χ1n) is 8.95. The molecule has 0 radical (unpaired) electrons. The molecular weight excluding hydrogens is 326 g/mol. The number of hydrogen-bond acceptors (Lipinski definition) is 3. The molecule has 130 valence electrons. The third-order valence-electron chi connectivity index (χ3n) is 5.94. The number of carbonyl (C=O) groups excluding carboxylic acids is 1. The predicted molar refractivity (Wildman–Crippen MR) is 99.0 cm³/mol. The van der Waals surface area contributed by atoms with Crippen molar-refractivity contribution in [1.82, 2.24) is 14.5 Å². The molecule has 1 amide bonds. The van der Waals surface area contributed by atoms with E-state index in [1.165, 1.54) is 5.56 Å². The Morgan fingerprint density at radius 1 is 1.08 bits per heavy atom. The summed E-state index contributed by atoms with van der Waals surface area (Å²) >= 11 is 0. The molecule has 0 N–H and O–H groups in total. The number of amides is 1. The van der Waals surface area contributed by atoms with Crippen LogP contribution in [0.4, 0.5) is 0 Å². The fourth-order valence-electron chi connectivity index (χ4n) is 4.57. The van der Waals surface area contributed by atoms with Crippen LogP contribution in [0.15, 0.2) is 53.3 Å². The molecule has 0 fully saturated rings. The van der Waals surface area contributed by atoms with Crippen LogP contribution in [0.25, 0.3) is 10.9 Å². The molecule has 0 unspecified atom stereocenters. The second kappa shape index (κ2) is 5.04. The quantitative estimate of drug-likeness (QED) is 0.629. The van der Waals surface area contributed by atoms with Crippen LogP contribution in [0.5, 0.6) is 0 Å². The first kappa shape index (κ1) is 15.3. The maximum atomic E-state index is 13.2. The molecule has 5 heteroatoms. The van der Waals surface area contributed by atoms with Crippen LogP contribution in [0.3, 0.4) is 0 Å². The first-order valence-corrected chi connectivity index (χ1v) is 8.95. The third kappa shape index (κ3) is 1.72. The van der Waals surface area contributed by atoms with Gasteiger partial charge in [-0.25, -0.2) is 4.98 Å². The summed E-state index contributed by atoms with van der Waals surface area (Å²) in [5.74, 6) is 0.633. The highest BCUT2D eigenvalue weighted by molar-refractivity contribution is 5.85. The fraction of sp³-hybridized carbons (Fsp3) is 0.286. The molecule has 0 spiro atoms. The van der Waals surface area contributed by atoms with Crippen molar-refractivity contribution in [3.63, 3.8) is 0 Å². The van der Waals surface area contributed by atoms with E-state index < -0.39 is 11.6 Å². The van der Waals surface area contributed by atoms with E-state index >= 15 is 0 Å². The Morgan fingerprint density at radius 2 is 1.81 bits per heavy atom. The molecule has 0 aliphatic carbocycles. The van der Waals surface area contributed by atoms with Crippen LogP contribution in [-0.4, -0.2) is 26.9 Å². The zero-order chi connectivity index (χ0) is 18.1. The molecule has 3 aromatic rings. The molecule has 0 saturated heterocycles. The molecular formula is C21H19N3O2. The summed E-state index contributed by atoms with van der Waals surface area (Å²) < 4.78 is 1.60. The predicted octanol–water partition coefficient (Wildman–Crippen LogP) is 2.62. The lowest BCUT2D eigenvalue weighted by molar-refractivity contribution is -0.143. The topological polar surface area (TPSA) is 55.2 Å². The van der Waals surface area contributed by atoms with Crippen molar-refractivity contribution in [3.05, 3.63) is 75.8 Å². The molecule has 0 bridgehead atoms. The summed E-state index contributed by atoms with van der Waals surface area (Å²) in [4.78, 5) is 33.2. The van der Waals surface area contributed by atoms with E-state index in [-0.39, 0.29) is 11.5 Å². The van der Waals surface area contributed by atoms with Crippen molar-refractivity contribution in [1.29, 1.82) is 0 Å². The van der Waals surface area contributed by atoms with Crippen LogP contribution in [0, 0.1) is 0 Å². The number of carbonyl (C=O) groups is 1. The van der Waals surface area contributed by atoms with E-state index in [1.54, 1.807) is 17.6 Å². The van der Waals surface area contributed by atoms with E-state index in [0.717, 1.165) is 12.0 Å². The minimum Gasteiger partial charge on any atom is -0.324 e. The Morgan fingerprint density at radius 3 is 2.65 bits per heavy atom. The van der Waals surface area contributed by atoms with Gasteiger partial charge in [0, 0.05) is 6.54 Å². The summed E-state index contributed by atoms with van der Waals surface area (Å²) in [6, 6.07) is 15.0. The Balaban J connectivity index is 1.94. The van der Waals surface area contributed by atoms with Crippen LogP contribution >= 0.6 is 0 Å². The largest absolute Gasteiger partial charge is 0.324 e. The van der Waals surface area contributed by atoms with Crippen LogP contribution in [0.2, 0.25) is 0 Å². The fourth-order valence-corrected chi connectivity index (χ4v) is 4.57. The zero-order valence-electron chi connectivity index (χ0n) is 14.8. The third-order valence-corrected chi connectivity index (χ3v) is 5.94. The van der Waals surface area contributed by atoms with E-state index in [1.807, 2.05) is 42.2 Å². The molecule has 2 aliphatic rings. The lowest BCUT2D eigenvalue weighted by Crippen LogP contribution is -2.61. The normalized spacial score (nSPS) is 24.2. The molecule has 2 aromatic carbocycles. The van der Waals surface area contributed by atoms with Gasteiger partial charge in [0.15, 0.2) is 0 Å². The summed E-state index contributed by atoms with van der Waals surface area (Å²) in [5, 5.41) is 0.553. The average Bonchev–Trinajstić information content (AvgIpc) is 2.66. The number of aromatic nitrogens is 2. The standard InChI is InChI=1S/C21H19N3O2/c1-13-18(25)23-12-11-14-7-3-5-9-16(14)21(23,2)20-22-17-10-6-4-8-15(17)19(26)24(13)20/h3-10,13H,11-12H2,1-2H3/t13-,21-/m0/s1. The van der Waals surface area contributed by atoms with Gasteiger partial charge in [0.25, 0.3) is 5.56 Å². The summed E-state index contributed by atoms with van der Waals surface area (Å²) in [7, 11) is 0. The molecule has 26 heavy (non-hydrogen) atoms. The lowest BCUT2D eigenvalue weighted by Gasteiger charge is -2.50. The summed E-state index contributed by atoms with van der Waals surface area (Å²) in [6.07, 6.45) is 0.821. The highest BCUT2D eigenvalue weighted by Gasteiger charge is 2.51. The van der Waals surface area contributed by atoms with Crippen molar-refractivity contribution in [3.8, 4) is 0 Å². The zero-order valence-corrected chi connectivity index (χ0v) is 14.8. The number of benzene rings is 2. The molecule has 0 saturated carbocycles. The van der Waals surface area contributed by atoms with Gasteiger partial charge in [-0.2, -0.15) is 0 Å². The molecule has 1 aromatic heterocycles. The second-order valence-corrected chi connectivity index (χ2v) is 7.27. The number of fused-ring (bicyclic) bond motifs is 6. The van der Waals surface area contributed by atoms with E-state index in [0.29, 0.717) is 23.3 Å². The smallest absolute Gasteiger partial charge is 0.262 e. The Kier molecular flexibility index (Phi) is 2.97. The minimum absolute atomic E-state index is 0.0197. The Hall–Kier alpha value is -2.95. The number of nitrogens with zero attached hydrogens (tertiary/aromatic N) is 3. The van der Waals surface area contributed by atoms with Gasteiger partial charge in [-0.1, -0.05) is 36.4 Å². The molecule has 2 aliphatic heterocycles. The molecule has 5 nitrogen and oxygen atoms in total. The number of hydrogen-bond donors (Lipinski definition) is 0. The molecule has 3 heterocycles. The van der Waals surface area contributed by atoms with Crippen molar-refractivity contribution < 1.29 is 4.79 Å². The maximum Gasteiger partial charge on any atom is 0.262 e. The highest BCUT2D eigenvalue weighted by atomic mass is 16.2. The first-order chi connectivity index (χ1) is 12.5. The maximum absolute atomic E-state index is 13.2. The van der Waals surface area contributed by atoms with Gasteiger partial charge < -0.3 is 4.90 Å².